The molecule has 0 amide bonds. The molecule has 116 valence electrons. The Morgan fingerprint density at radius 2 is 2.10 bits per heavy atom. The minimum Gasteiger partial charge on any atom is -0.462 e. The third kappa shape index (κ3) is 3.82. The van der Waals surface area contributed by atoms with Gasteiger partial charge in [-0.25, -0.2) is 4.79 Å². The van der Waals surface area contributed by atoms with Crippen LogP contribution in [0.2, 0.25) is 5.02 Å². The molecule has 0 atom stereocenters. The van der Waals surface area contributed by atoms with Crippen LogP contribution in [0.15, 0.2) is 12.1 Å². The van der Waals surface area contributed by atoms with E-state index in [2.05, 4.69) is 4.90 Å². The van der Waals surface area contributed by atoms with Crippen molar-refractivity contribution in [3.63, 3.8) is 0 Å². The number of halogens is 1. The second-order valence-corrected chi connectivity index (χ2v) is 6.06. The third-order valence-corrected chi connectivity index (χ3v) is 4.26. The zero-order valence-corrected chi connectivity index (χ0v) is 13.4. The van der Waals surface area contributed by atoms with E-state index in [4.69, 9.17) is 22.1 Å². The highest BCUT2D eigenvalue weighted by Gasteiger charge is 2.23. The summed E-state index contributed by atoms with van der Waals surface area (Å²) in [5, 5.41) is 0.499. The summed E-state index contributed by atoms with van der Waals surface area (Å²) in [6, 6.07) is 3.33. The van der Waals surface area contributed by atoms with Gasteiger partial charge < -0.3 is 15.4 Å². The van der Waals surface area contributed by atoms with Crippen LogP contribution in [0.3, 0.4) is 0 Å². The highest BCUT2D eigenvalue weighted by molar-refractivity contribution is 6.34. The Bertz CT molecular complexity index is 513. The average molecular weight is 311 g/mol. The van der Waals surface area contributed by atoms with Crippen molar-refractivity contribution in [1.82, 2.24) is 0 Å². The standard InChI is InChI=1S/C16H23ClN2O2/c1-3-21-16(20)13-8-12(18)9-14(17)15(13)19(2)10-11-6-4-5-7-11/h8-9,11H,3-7,10,18H2,1-2H3. The molecular formula is C16H23ClN2O2. The minimum absolute atomic E-state index is 0.330. The number of benzene rings is 1. The summed E-state index contributed by atoms with van der Waals surface area (Å²) in [6.45, 7) is 3.01. The maximum atomic E-state index is 12.1. The van der Waals surface area contributed by atoms with Gasteiger partial charge in [0.25, 0.3) is 0 Å². The predicted octanol–water partition coefficient (Wildman–Crippen LogP) is 3.73. The molecule has 4 nitrogen and oxygen atoms in total. The molecule has 0 unspecified atom stereocenters. The Morgan fingerprint density at radius 3 is 2.71 bits per heavy atom. The highest BCUT2D eigenvalue weighted by Crippen LogP contribution is 2.34. The molecule has 1 aromatic carbocycles. The van der Waals surface area contributed by atoms with Crippen molar-refractivity contribution in [2.75, 3.05) is 30.8 Å². The Balaban J connectivity index is 2.28. The van der Waals surface area contributed by atoms with Crippen molar-refractivity contribution in [2.24, 2.45) is 5.92 Å². The molecule has 0 saturated heterocycles. The van der Waals surface area contributed by atoms with Gasteiger partial charge in [-0.2, -0.15) is 0 Å². The second kappa shape index (κ2) is 7.03. The number of anilines is 2. The average Bonchev–Trinajstić information content (AvgIpc) is 2.90. The molecule has 0 bridgehead atoms. The Labute approximate surface area is 131 Å². The number of rotatable bonds is 5. The Kier molecular flexibility index (Phi) is 5.34. The van der Waals surface area contributed by atoms with Crippen molar-refractivity contribution in [2.45, 2.75) is 32.6 Å². The van der Waals surface area contributed by atoms with E-state index in [1.165, 1.54) is 25.7 Å². The first kappa shape index (κ1) is 16.0. The summed E-state index contributed by atoms with van der Waals surface area (Å²) in [5.74, 6) is 0.290. The van der Waals surface area contributed by atoms with E-state index in [0.717, 1.165) is 12.2 Å². The van der Waals surface area contributed by atoms with Crippen LogP contribution >= 0.6 is 11.6 Å². The van der Waals surface area contributed by atoms with Gasteiger partial charge in [-0.3, -0.25) is 0 Å². The molecule has 1 aliphatic carbocycles. The number of carbonyl (C=O) groups is 1. The fourth-order valence-electron chi connectivity index (χ4n) is 3.04. The summed E-state index contributed by atoms with van der Waals surface area (Å²) < 4.78 is 5.12. The first-order chi connectivity index (χ1) is 10.0. The van der Waals surface area contributed by atoms with Crippen LogP contribution in [-0.4, -0.2) is 26.2 Å². The fraction of sp³-hybridized carbons (Fsp3) is 0.562. The minimum atomic E-state index is -0.375. The fourth-order valence-corrected chi connectivity index (χ4v) is 3.42. The molecule has 2 N–H and O–H groups in total. The van der Waals surface area contributed by atoms with Crippen molar-refractivity contribution >= 4 is 28.9 Å². The molecule has 0 aromatic heterocycles. The first-order valence-corrected chi connectivity index (χ1v) is 7.88. The van der Waals surface area contributed by atoms with Crippen LogP contribution < -0.4 is 10.6 Å². The van der Waals surface area contributed by atoms with Gasteiger partial charge in [0, 0.05) is 19.3 Å². The van der Waals surface area contributed by atoms with E-state index in [0.29, 0.717) is 28.8 Å². The van der Waals surface area contributed by atoms with Crippen LogP contribution in [0.25, 0.3) is 0 Å². The van der Waals surface area contributed by atoms with E-state index < -0.39 is 0 Å². The smallest absolute Gasteiger partial charge is 0.340 e. The van der Waals surface area contributed by atoms with Crippen LogP contribution in [0.4, 0.5) is 11.4 Å². The number of nitrogen functional groups attached to an aromatic ring is 1. The largest absolute Gasteiger partial charge is 0.462 e. The van der Waals surface area contributed by atoms with E-state index in [9.17, 15) is 4.79 Å². The Morgan fingerprint density at radius 1 is 1.43 bits per heavy atom. The summed E-state index contributed by atoms with van der Waals surface area (Å²) >= 11 is 6.33. The summed E-state index contributed by atoms with van der Waals surface area (Å²) in [4.78, 5) is 14.2. The Hall–Kier alpha value is -1.42. The molecule has 0 radical (unpaired) electrons. The van der Waals surface area contributed by atoms with E-state index >= 15 is 0 Å². The zero-order valence-electron chi connectivity index (χ0n) is 12.7. The second-order valence-electron chi connectivity index (χ2n) is 5.65. The lowest BCUT2D eigenvalue weighted by Crippen LogP contribution is -2.26. The molecule has 1 aliphatic rings. The van der Waals surface area contributed by atoms with Gasteiger partial charge in [0.05, 0.1) is 22.9 Å². The lowest BCUT2D eigenvalue weighted by Gasteiger charge is -2.26. The van der Waals surface area contributed by atoms with Crippen molar-refractivity contribution in [3.05, 3.63) is 22.7 Å². The number of esters is 1. The van der Waals surface area contributed by atoms with E-state index in [-0.39, 0.29) is 5.97 Å². The third-order valence-electron chi connectivity index (χ3n) is 3.97. The molecule has 0 aliphatic heterocycles. The molecule has 1 saturated carbocycles. The van der Waals surface area contributed by atoms with Gasteiger partial charge in [-0.15, -0.1) is 0 Å². The maximum Gasteiger partial charge on any atom is 0.340 e. The number of nitrogens with zero attached hydrogens (tertiary/aromatic N) is 1. The number of hydrogen-bond donors (Lipinski definition) is 1. The molecule has 0 spiro atoms. The van der Waals surface area contributed by atoms with Crippen molar-refractivity contribution in [1.29, 1.82) is 0 Å². The van der Waals surface area contributed by atoms with Crippen molar-refractivity contribution in [3.8, 4) is 0 Å². The molecule has 2 rings (SSSR count). The van der Waals surface area contributed by atoms with Gasteiger partial charge in [-0.05, 0) is 37.8 Å². The number of carbonyl (C=O) groups excluding carboxylic acids is 1. The van der Waals surface area contributed by atoms with E-state index in [1.807, 2.05) is 7.05 Å². The topological polar surface area (TPSA) is 55.6 Å². The SMILES string of the molecule is CCOC(=O)c1cc(N)cc(Cl)c1N(C)CC1CCCC1. The van der Waals surface area contributed by atoms with Crippen molar-refractivity contribution < 1.29 is 9.53 Å². The zero-order chi connectivity index (χ0) is 15.4. The monoisotopic (exact) mass is 310 g/mol. The van der Waals surface area contributed by atoms with Crippen LogP contribution in [-0.2, 0) is 4.74 Å². The highest BCUT2D eigenvalue weighted by atomic mass is 35.5. The summed E-state index contributed by atoms with van der Waals surface area (Å²) in [6.07, 6.45) is 5.06. The predicted molar refractivity (Wildman–Crippen MR) is 87.0 cm³/mol. The summed E-state index contributed by atoms with van der Waals surface area (Å²) in [5.41, 5.74) is 7.45. The summed E-state index contributed by atoms with van der Waals surface area (Å²) in [7, 11) is 1.97. The molecule has 1 fully saturated rings. The van der Waals surface area contributed by atoms with Gasteiger partial charge in [-0.1, -0.05) is 24.4 Å². The number of hydrogen-bond acceptors (Lipinski definition) is 4. The normalized spacial score (nSPS) is 15.2. The quantitative estimate of drug-likeness (QED) is 0.665. The van der Waals surface area contributed by atoms with Gasteiger partial charge in [0.2, 0.25) is 0 Å². The lowest BCUT2D eigenvalue weighted by molar-refractivity contribution is 0.0527. The van der Waals surface area contributed by atoms with Gasteiger partial charge in [0.1, 0.15) is 0 Å². The lowest BCUT2D eigenvalue weighted by atomic mass is 10.1. The molecule has 0 heterocycles. The molecule has 21 heavy (non-hydrogen) atoms. The van der Waals surface area contributed by atoms with Gasteiger partial charge >= 0.3 is 5.97 Å². The van der Waals surface area contributed by atoms with Crippen LogP contribution in [0.1, 0.15) is 43.0 Å². The molecular weight excluding hydrogens is 288 g/mol. The van der Waals surface area contributed by atoms with Crippen LogP contribution in [0.5, 0.6) is 0 Å². The van der Waals surface area contributed by atoms with Gasteiger partial charge in [0.15, 0.2) is 0 Å². The van der Waals surface area contributed by atoms with Crippen LogP contribution in [0, 0.1) is 5.92 Å². The maximum absolute atomic E-state index is 12.1. The number of ether oxygens (including phenoxy) is 1. The molecule has 5 heteroatoms. The first-order valence-electron chi connectivity index (χ1n) is 7.50. The number of nitrogens with two attached hydrogens (primary N) is 1. The molecule has 1 aromatic rings. The van der Waals surface area contributed by atoms with E-state index in [1.54, 1.807) is 19.1 Å².